The second-order valence-electron chi connectivity index (χ2n) is 8.54. The van der Waals surface area contributed by atoms with E-state index in [1.54, 1.807) is 0 Å². The Bertz CT molecular complexity index is 720. The van der Waals surface area contributed by atoms with E-state index in [2.05, 4.69) is 26.5 Å². The summed E-state index contributed by atoms with van der Waals surface area (Å²) in [5.74, 6) is 0.296. The molecule has 0 spiro atoms. The fourth-order valence-electron chi connectivity index (χ4n) is 5.72. The molecule has 2 saturated carbocycles. The smallest absolute Gasteiger partial charge is 0.458 e. The van der Waals surface area contributed by atoms with Gasteiger partial charge in [-0.3, -0.25) is 0 Å². The maximum atomic E-state index is 11.7. The van der Waals surface area contributed by atoms with Crippen LogP contribution in [0.3, 0.4) is 0 Å². The molecule has 5 nitrogen and oxygen atoms in total. The van der Waals surface area contributed by atoms with E-state index in [9.17, 15) is 9.59 Å². The zero-order valence-electron chi connectivity index (χ0n) is 15.5. The summed E-state index contributed by atoms with van der Waals surface area (Å²) >= 11 is 0. The Morgan fingerprint density at radius 3 is 2.73 bits per heavy atom. The van der Waals surface area contributed by atoms with Crippen LogP contribution in [-0.4, -0.2) is 31.4 Å². The fourth-order valence-corrected chi connectivity index (χ4v) is 5.72. The lowest BCUT2D eigenvalue weighted by molar-refractivity contribution is -0.188. The van der Waals surface area contributed by atoms with Crippen molar-refractivity contribution in [1.29, 1.82) is 0 Å². The lowest BCUT2D eigenvalue weighted by atomic mass is 9.46. The number of hydrogen-bond donors (Lipinski definition) is 0. The number of ether oxygens (including phenoxy) is 3. The van der Waals surface area contributed by atoms with E-state index < -0.39 is 6.16 Å². The van der Waals surface area contributed by atoms with E-state index >= 15 is 0 Å². The molecule has 2 unspecified atom stereocenters. The average molecular weight is 358 g/mol. The molecule has 0 aromatic rings. The van der Waals surface area contributed by atoms with Crippen LogP contribution in [0.1, 0.15) is 39.5 Å². The van der Waals surface area contributed by atoms with E-state index in [4.69, 9.17) is 14.2 Å². The van der Waals surface area contributed by atoms with Crippen molar-refractivity contribution < 1.29 is 23.8 Å². The third-order valence-corrected chi connectivity index (χ3v) is 7.14. The number of carbonyl (C=O) groups is 2. The van der Waals surface area contributed by atoms with Gasteiger partial charge in [0, 0.05) is 11.3 Å². The molecule has 0 amide bonds. The van der Waals surface area contributed by atoms with Gasteiger partial charge in [-0.25, -0.2) is 9.59 Å². The Kier molecular flexibility index (Phi) is 4.01. The molecule has 3 fully saturated rings. The third kappa shape index (κ3) is 2.51. The second kappa shape index (κ2) is 6.00. The predicted molar refractivity (Wildman–Crippen MR) is 95.2 cm³/mol. The molecule has 4 rings (SSSR count). The van der Waals surface area contributed by atoms with E-state index in [0.717, 1.165) is 25.7 Å². The maximum Gasteiger partial charge on any atom is 0.508 e. The van der Waals surface area contributed by atoms with Crippen molar-refractivity contribution in [3.05, 3.63) is 36.0 Å². The Hall–Kier alpha value is -2.04. The number of rotatable bonds is 2. The molecular formula is C21H26O5. The standard InChI is InChI=1S/C21H26O5/c1-13-4-7-16-20(2,15(13)6-5-14-9-11-24-18(14)22)10-8-17-21(16,3)12-25-19(23)26-17/h5-6,9,15-17H,1,4,7-8,10-12H2,2-3H3/b6-5+/t15?,16?,17-,20+,21+/m1/s1. The average Bonchev–Trinajstić information content (AvgIpc) is 3.00. The minimum Gasteiger partial charge on any atom is -0.458 e. The van der Waals surface area contributed by atoms with Crippen LogP contribution in [0.15, 0.2) is 36.0 Å². The predicted octanol–water partition coefficient (Wildman–Crippen LogP) is 3.95. The first-order valence-corrected chi connectivity index (χ1v) is 9.41. The highest BCUT2D eigenvalue weighted by Gasteiger charge is 2.60. The lowest BCUT2D eigenvalue weighted by Crippen LogP contribution is -2.60. The van der Waals surface area contributed by atoms with Crippen LogP contribution in [0, 0.1) is 22.7 Å². The van der Waals surface area contributed by atoms with Crippen molar-refractivity contribution in [2.75, 3.05) is 13.2 Å². The van der Waals surface area contributed by atoms with Gasteiger partial charge in [0.25, 0.3) is 0 Å². The van der Waals surface area contributed by atoms with Gasteiger partial charge in [0.1, 0.15) is 19.3 Å². The number of esters is 1. The van der Waals surface area contributed by atoms with Crippen LogP contribution >= 0.6 is 0 Å². The van der Waals surface area contributed by atoms with E-state index in [-0.39, 0.29) is 28.8 Å². The second-order valence-corrected chi connectivity index (χ2v) is 8.54. The zero-order chi connectivity index (χ0) is 18.5. The molecule has 4 aliphatic rings. The monoisotopic (exact) mass is 358 g/mol. The molecule has 0 bridgehead atoms. The molecule has 0 N–H and O–H groups in total. The van der Waals surface area contributed by atoms with Crippen molar-refractivity contribution >= 4 is 12.1 Å². The number of cyclic esters (lactones) is 2. The molecule has 26 heavy (non-hydrogen) atoms. The quantitative estimate of drug-likeness (QED) is 0.552. The molecule has 2 aliphatic heterocycles. The van der Waals surface area contributed by atoms with Crippen molar-refractivity contribution in [1.82, 2.24) is 0 Å². The van der Waals surface area contributed by atoms with E-state index in [1.165, 1.54) is 5.57 Å². The normalized spacial score (nSPS) is 42.5. The minimum absolute atomic E-state index is 0.00720. The molecule has 5 atom stereocenters. The Morgan fingerprint density at radius 1 is 1.19 bits per heavy atom. The van der Waals surface area contributed by atoms with Gasteiger partial charge in [-0.05, 0) is 43.1 Å². The molecule has 5 heteroatoms. The van der Waals surface area contributed by atoms with Gasteiger partial charge >= 0.3 is 12.1 Å². The van der Waals surface area contributed by atoms with E-state index in [0.29, 0.717) is 24.7 Å². The summed E-state index contributed by atoms with van der Waals surface area (Å²) in [6.07, 6.45) is 8.98. The van der Waals surface area contributed by atoms with Crippen molar-refractivity contribution in [3.8, 4) is 0 Å². The summed E-state index contributed by atoms with van der Waals surface area (Å²) in [6, 6.07) is 0. The summed E-state index contributed by atoms with van der Waals surface area (Å²) in [5.41, 5.74) is 1.66. The summed E-state index contributed by atoms with van der Waals surface area (Å²) in [7, 11) is 0. The molecular weight excluding hydrogens is 332 g/mol. The Balaban J connectivity index is 1.64. The largest absolute Gasteiger partial charge is 0.508 e. The summed E-state index contributed by atoms with van der Waals surface area (Å²) in [4.78, 5) is 23.3. The first-order valence-electron chi connectivity index (χ1n) is 9.41. The highest BCUT2D eigenvalue weighted by atomic mass is 16.7. The van der Waals surface area contributed by atoms with Crippen molar-refractivity contribution in [3.63, 3.8) is 0 Å². The molecule has 2 aliphatic carbocycles. The first kappa shape index (κ1) is 17.4. The van der Waals surface area contributed by atoms with Gasteiger partial charge < -0.3 is 14.2 Å². The molecule has 0 aromatic heterocycles. The molecule has 0 radical (unpaired) electrons. The third-order valence-electron chi connectivity index (χ3n) is 7.14. The highest BCUT2D eigenvalue weighted by molar-refractivity contribution is 5.93. The van der Waals surface area contributed by atoms with Crippen LogP contribution in [0.4, 0.5) is 4.79 Å². The van der Waals surface area contributed by atoms with Gasteiger partial charge in [-0.15, -0.1) is 0 Å². The summed E-state index contributed by atoms with van der Waals surface area (Å²) in [6.45, 7) is 9.61. The minimum atomic E-state index is -0.542. The zero-order valence-corrected chi connectivity index (χ0v) is 15.5. The van der Waals surface area contributed by atoms with Gasteiger partial charge in [0.2, 0.25) is 0 Å². The van der Waals surface area contributed by atoms with Crippen molar-refractivity contribution in [2.24, 2.45) is 22.7 Å². The van der Waals surface area contributed by atoms with Gasteiger partial charge in [-0.1, -0.05) is 38.2 Å². The Labute approximate surface area is 154 Å². The maximum absolute atomic E-state index is 11.7. The summed E-state index contributed by atoms with van der Waals surface area (Å²) in [5, 5.41) is 0. The molecule has 0 aromatic carbocycles. The van der Waals surface area contributed by atoms with Crippen LogP contribution < -0.4 is 0 Å². The number of fused-ring (bicyclic) bond motifs is 3. The lowest BCUT2D eigenvalue weighted by Gasteiger charge is -2.60. The van der Waals surface area contributed by atoms with Crippen LogP contribution in [0.2, 0.25) is 0 Å². The highest BCUT2D eigenvalue weighted by Crippen LogP contribution is 2.62. The van der Waals surface area contributed by atoms with Gasteiger partial charge in [0.15, 0.2) is 0 Å². The van der Waals surface area contributed by atoms with Gasteiger partial charge in [0.05, 0.1) is 5.57 Å². The van der Waals surface area contributed by atoms with Gasteiger partial charge in [-0.2, -0.15) is 0 Å². The number of allylic oxidation sites excluding steroid dienone is 2. The molecule has 140 valence electrons. The molecule has 1 saturated heterocycles. The molecule has 2 heterocycles. The Morgan fingerprint density at radius 2 is 2.00 bits per heavy atom. The van der Waals surface area contributed by atoms with Crippen molar-refractivity contribution in [2.45, 2.75) is 45.6 Å². The van der Waals surface area contributed by atoms with E-state index in [1.807, 2.05) is 12.2 Å². The first-order chi connectivity index (χ1) is 12.3. The fraction of sp³-hybridized carbons (Fsp3) is 0.619. The van der Waals surface area contributed by atoms with Crippen LogP contribution in [0.5, 0.6) is 0 Å². The summed E-state index contributed by atoms with van der Waals surface area (Å²) < 4.78 is 15.8. The SMILES string of the molecule is C=C1CCC2[C@@](C)(CC[C@H]3OC(=O)OC[C@@]23C)C1/C=C/C1=CCOC1=O. The van der Waals surface area contributed by atoms with Crippen LogP contribution in [0.25, 0.3) is 0 Å². The number of hydrogen-bond acceptors (Lipinski definition) is 5. The van der Waals surface area contributed by atoms with Crippen LogP contribution in [-0.2, 0) is 19.0 Å². The number of carbonyl (C=O) groups excluding carboxylic acids is 2. The topological polar surface area (TPSA) is 61.8 Å².